The molecule has 0 N–H and O–H groups in total. The van der Waals surface area contributed by atoms with Crippen LogP contribution in [0.4, 0.5) is 8.78 Å². The average Bonchev–Trinajstić information content (AvgIpc) is 2.76. The molecule has 3 rings (SSSR count). The van der Waals surface area contributed by atoms with Crippen molar-refractivity contribution in [3.05, 3.63) is 45.2 Å². The van der Waals surface area contributed by atoms with E-state index < -0.39 is 11.6 Å². The first-order valence-electron chi connectivity index (χ1n) is 5.41. The molecule has 0 aliphatic heterocycles. The SMILES string of the molecule is Cc1cscc1-c1nc(Cl)c2cc(F)cc(F)c2n1. The quantitative estimate of drug-likeness (QED) is 0.613. The summed E-state index contributed by atoms with van der Waals surface area (Å²) in [5.74, 6) is -1.09. The Balaban J connectivity index is 2.34. The lowest BCUT2D eigenvalue weighted by Gasteiger charge is -2.05. The Bertz CT molecular complexity index is 786. The van der Waals surface area contributed by atoms with Crippen LogP contribution in [0.2, 0.25) is 5.15 Å². The molecule has 0 aliphatic carbocycles. The molecular formula is C13H7ClF2N2S. The molecule has 96 valence electrons. The summed E-state index contributed by atoms with van der Waals surface area (Å²) in [6, 6.07) is 1.92. The molecule has 0 bridgehead atoms. The summed E-state index contributed by atoms with van der Waals surface area (Å²) < 4.78 is 26.9. The summed E-state index contributed by atoms with van der Waals surface area (Å²) in [5.41, 5.74) is 1.82. The van der Waals surface area contributed by atoms with Crippen molar-refractivity contribution in [2.24, 2.45) is 0 Å². The normalized spacial score (nSPS) is 11.2. The molecule has 0 fully saturated rings. The average molecular weight is 297 g/mol. The van der Waals surface area contributed by atoms with Crippen molar-refractivity contribution in [1.29, 1.82) is 0 Å². The number of hydrogen-bond acceptors (Lipinski definition) is 3. The summed E-state index contributed by atoms with van der Waals surface area (Å²) in [4.78, 5) is 8.26. The highest BCUT2D eigenvalue weighted by Crippen LogP contribution is 2.30. The molecule has 1 aromatic carbocycles. The van der Waals surface area contributed by atoms with Crippen molar-refractivity contribution in [3.8, 4) is 11.4 Å². The molecule has 2 aromatic heterocycles. The first-order chi connectivity index (χ1) is 9.06. The molecule has 2 nitrogen and oxygen atoms in total. The standard InChI is InChI=1S/C13H7ClF2N2S/c1-6-4-19-5-9(6)13-17-11-8(12(14)18-13)2-7(15)3-10(11)16/h2-5H,1H3. The van der Waals surface area contributed by atoms with Gasteiger partial charge in [0.1, 0.15) is 16.5 Å². The van der Waals surface area contributed by atoms with Crippen molar-refractivity contribution in [2.75, 3.05) is 0 Å². The van der Waals surface area contributed by atoms with Crippen LogP contribution < -0.4 is 0 Å². The lowest BCUT2D eigenvalue weighted by Crippen LogP contribution is -1.95. The lowest BCUT2D eigenvalue weighted by molar-refractivity contribution is 0.590. The number of thiophene rings is 1. The van der Waals surface area contributed by atoms with E-state index in [9.17, 15) is 8.78 Å². The minimum atomic E-state index is -0.742. The Morgan fingerprint density at radius 3 is 2.63 bits per heavy atom. The summed E-state index contributed by atoms with van der Waals surface area (Å²) in [6.07, 6.45) is 0. The maximum Gasteiger partial charge on any atom is 0.162 e. The summed E-state index contributed by atoms with van der Waals surface area (Å²) in [6.45, 7) is 1.91. The van der Waals surface area contributed by atoms with Gasteiger partial charge >= 0.3 is 0 Å². The summed E-state index contributed by atoms with van der Waals surface area (Å²) in [7, 11) is 0. The van der Waals surface area contributed by atoms with Crippen molar-refractivity contribution in [2.45, 2.75) is 6.92 Å². The molecule has 6 heteroatoms. The monoisotopic (exact) mass is 296 g/mol. The Morgan fingerprint density at radius 2 is 1.95 bits per heavy atom. The van der Waals surface area contributed by atoms with E-state index in [0.717, 1.165) is 23.3 Å². The number of aromatic nitrogens is 2. The molecule has 0 aliphatic rings. The molecule has 0 unspecified atom stereocenters. The van der Waals surface area contributed by atoms with Crippen molar-refractivity contribution < 1.29 is 8.78 Å². The van der Waals surface area contributed by atoms with Gasteiger partial charge in [0.2, 0.25) is 0 Å². The van der Waals surface area contributed by atoms with Crippen LogP contribution >= 0.6 is 22.9 Å². The van der Waals surface area contributed by atoms with Crippen LogP contribution in [0.25, 0.3) is 22.3 Å². The molecule has 19 heavy (non-hydrogen) atoms. The highest BCUT2D eigenvalue weighted by molar-refractivity contribution is 7.08. The molecule has 2 heterocycles. The Labute approximate surface area is 116 Å². The van der Waals surface area contributed by atoms with E-state index in [2.05, 4.69) is 9.97 Å². The number of hydrogen-bond donors (Lipinski definition) is 0. The first-order valence-corrected chi connectivity index (χ1v) is 6.74. The van der Waals surface area contributed by atoms with Crippen LogP contribution in [0.15, 0.2) is 22.9 Å². The molecule has 0 atom stereocenters. The van der Waals surface area contributed by atoms with Gasteiger partial charge in [0.15, 0.2) is 11.6 Å². The second-order valence-electron chi connectivity index (χ2n) is 4.09. The van der Waals surface area contributed by atoms with Gasteiger partial charge in [0.25, 0.3) is 0 Å². The number of aryl methyl sites for hydroxylation is 1. The van der Waals surface area contributed by atoms with Crippen molar-refractivity contribution in [3.63, 3.8) is 0 Å². The minimum Gasteiger partial charge on any atom is -0.225 e. The lowest BCUT2D eigenvalue weighted by atomic mass is 10.2. The fourth-order valence-electron chi connectivity index (χ4n) is 1.83. The third kappa shape index (κ3) is 2.09. The van der Waals surface area contributed by atoms with Gasteiger partial charge in [0, 0.05) is 22.4 Å². The second-order valence-corrected chi connectivity index (χ2v) is 5.19. The Hall–Kier alpha value is -1.59. The third-order valence-corrected chi connectivity index (χ3v) is 3.92. The van der Waals surface area contributed by atoms with Gasteiger partial charge in [-0.2, -0.15) is 11.3 Å². The van der Waals surface area contributed by atoms with Gasteiger partial charge in [-0.05, 0) is 23.9 Å². The molecule has 0 spiro atoms. The highest BCUT2D eigenvalue weighted by atomic mass is 35.5. The molecule has 0 saturated carbocycles. The van der Waals surface area contributed by atoms with Crippen molar-refractivity contribution in [1.82, 2.24) is 9.97 Å². The number of benzene rings is 1. The molecule has 0 amide bonds. The van der Waals surface area contributed by atoms with E-state index in [1.54, 1.807) is 0 Å². The van der Waals surface area contributed by atoms with Crippen LogP contribution in [-0.2, 0) is 0 Å². The van der Waals surface area contributed by atoms with Crippen LogP contribution in [0.3, 0.4) is 0 Å². The minimum absolute atomic E-state index is 0.0296. The summed E-state index contributed by atoms with van der Waals surface area (Å²) >= 11 is 7.50. The Morgan fingerprint density at radius 1 is 1.16 bits per heavy atom. The molecule has 0 saturated heterocycles. The third-order valence-electron chi connectivity index (χ3n) is 2.77. The number of fused-ring (bicyclic) bond motifs is 1. The maximum atomic E-state index is 13.8. The summed E-state index contributed by atoms with van der Waals surface area (Å²) in [5, 5.41) is 4.03. The van der Waals surface area contributed by atoms with Crippen LogP contribution in [0, 0.1) is 18.6 Å². The van der Waals surface area contributed by atoms with E-state index in [1.165, 1.54) is 11.3 Å². The van der Waals surface area contributed by atoms with Gasteiger partial charge in [-0.1, -0.05) is 11.6 Å². The largest absolute Gasteiger partial charge is 0.225 e. The van der Waals surface area contributed by atoms with Gasteiger partial charge in [-0.15, -0.1) is 0 Å². The van der Waals surface area contributed by atoms with Crippen LogP contribution in [0.1, 0.15) is 5.56 Å². The number of halogens is 3. The predicted octanol–water partition coefficient (Wildman–Crippen LogP) is 4.60. The topological polar surface area (TPSA) is 25.8 Å². The van der Waals surface area contributed by atoms with Crippen LogP contribution in [-0.4, -0.2) is 9.97 Å². The zero-order chi connectivity index (χ0) is 13.6. The van der Waals surface area contributed by atoms with Gasteiger partial charge in [0.05, 0.1) is 0 Å². The van der Waals surface area contributed by atoms with E-state index in [4.69, 9.17) is 11.6 Å². The van der Waals surface area contributed by atoms with Gasteiger partial charge in [-0.3, -0.25) is 0 Å². The fraction of sp³-hybridized carbons (Fsp3) is 0.0769. The van der Waals surface area contributed by atoms with E-state index in [-0.39, 0.29) is 16.1 Å². The molecule has 3 aromatic rings. The zero-order valence-electron chi connectivity index (χ0n) is 9.75. The van der Waals surface area contributed by atoms with E-state index >= 15 is 0 Å². The van der Waals surface area contributed by atoms with Gasteiger partial charge in [-0.25, -0.2) is 18.7 Å². The molecular weight excluding hydrogens is 290 g/mol. The highest BCUT2D eigenvalue weighted by Gasteiger charge is 2.14. The maximum absolute atomic E-state index is 13.8. The van der Waals surface area contributed by atoms with Gasteiger partial charge < -0.3 is 0 Å². The van der Waals surface area contributed by atoms with Crippen molar-refractivity contribution >= 4 is 33.8 Å². The second kappa shape index (κ2) is 4.51. The number of nitrogens with zero attached hydrogens (tertiary/aromatic N) is 2. The fourth-order valence-corrected chi connectivity index (χ4v) is 2.88. The molecule has 0 radical (unpaired) electrons. The smallest absolute Gasteiger partial charge is 0.162 e. The first kappa shape index (κ1) is 12.4. The zero-order valence-corrected chi connectivity index (χ0v) is 11.3. The van der Waals surface area contributed by atoms with E-state index in [0.29, 0.717) is 5.82 Å². The van der Waals surface area contributed by atoms with Crippen LogP contribution in [0.5, 0.6) is 0 Å². The Kier molecular flexibility index (Phi) is 2.95. The van der Waals surface area contributed by atoms with E-state index in [1.807, 2.05) is 17.7 Å². The number of rotatable bonds is 1. The predicted molar refractivity (Wildman–Crippen MR) is 72.5 cm³/mol.